The number of likely N-dealkylation sites (tertiary alicyclic amines) is 1. The number of nitro groups is 1. The molecule has 1 aliphatic carbocycles. The van der Waals surface area contributed by atoms with Gasteiger partial charge in [0.1, 0.15) is 5.56 Å². The third kappa shape index (κ3) is 3.98. The maximum atomic E-state index is 12.6. The summed E-state index contributed by atoms with van der Waals surface area (Å²) in [4.78, 5) is 37.0. The number of hydrogen-bond acceptors (Lipinski definition) is 5. The lowest BCUT2D eigenvalue weighted by Crippen LogP contribution is -2.50. The van der Waals surface area contributed by atoms with Gasteiger partial charge in [0, 0.05) is 23.7 Å². The zero-order chi connectivity index (χ0) is 18.7. The number of fused-ring (bicyclic) bond motifs is 1. The van der Waals surface area contributed by atoms with Gasteiger partial charge in [0.2, 0.25) is 0 Å². The number of carbonyl (C=O) groups is 2. The van der Waals surface area contributed by atoms with E-state index in [2.05, 4.69) is 0 Å². The highest BCUT2D eigenvalue weighted by molar-refractivity contribution is 6.31. The Kier molecular flexibility index (Phi) is 5.76. The third-order valence-corrected chi connectivity index (χ3v) is 5.50. The number of rotatable bonds is 4. The van der Waals surface area contributed by atoms with Crippen LogP contribution in [0.4, 0.5) is 5.69 Å². The van der Waals surface area contributed by atoms with Gasteiger partial charge in [-0.15, -0.1) is 0 Å². The van der Waals surface area contributed by atoms with Crippen molar-refractivity contribution >= 4 is 29.2 Å². The van der Waals surface area contributed by atoms with Crippen LogP contribution < -0.4 is 0 Å². The van der Waals surface area contributed by atoms with Gasteiger partial charge < -0.3 is 9.64 Å². The summed E-state index contributed by atoms with van der Waals surface area (Å²) in [7, 11) is 0. The fourth-order valence-corrected chi connectivity index (χ4v) is 4.22. The van der Waals surface area contributed by atoms with Crippen molar-refractivity contribution in [3.8, 4) is 0 Å². The van der Waals surface area contributed by atoms with Crippen LogP contribution >= 0.6 is 11.6 Å². The zero-order valence-corrected chi connectivity index (χ0v) is 15.1. The highest BCUT2D eigenvalue weighted by Crippen LogP contribution is 2.35. The summed E-state index contributed by atoms with van der Waals surface area (Å²) in [6, 6.07) is 3.95. The molecule has 26 heavy (non-hydrogen) atoms. The summed E-state index contributed by atoms with van der Waals surface area (Å²) in [6.45, 7) is 0.278. The van der Waals surface area contributed by atoms with Crippen LogP contribution in [0.2, 0.25) is 5.02 Å². The summed E-state index contributed by atoms with van der Waals surface area (Å²) < 4.78 is 5.08. The van der Waals surface area contributed by atoms with Crippen LogP contribution in [0, 0.1) is 16.0 Å². The molecule has 8 heteroatoms. The quantitative estimate of drug-likeness (QED) is 0.452. The van der Waals surface area contributed by atoms with Gasteiger partial charge in [-0.2, -0.15) is 0 Å². The number of nitro benzene ring substituents is 1. The number of benzene rings is 1. The van der Waals surface area contributed by atoms with E-state index in [1.807, 2.05) is 4.90 Å². The first-order chi connectivity index (χ1) is 12.5. The lowest BCUT2D eigenvalue weighted by atomic mass is 9.78. The summed E-state index contributed by atoms with van der Waals surface area (Å²) in [5.74, 6) is -0.583. The van der Waals surface area contributed by atoms with Gasteiger partial charge in [-0.05, 0) is 43.7 Å². The summed E-state index contributed by atoms with van der Waals surface area (Å²) in [5, 5.41) is 11.2. The molecule has 0 N–H and O–H groups in total. The molecule has 0 spiro atoms. The molecule has 0 aromatic heterocycles. The van der Waals surface area contributed by atoms with Crippen LogP contribution in [0.15, 0.2) is 18.2 Å². The molecule has 2 aliphatic rings. The van der Waals surface area contributed by atoms with E-state index in [1.54, 1.807) is 0 Å². The lowest BCUT2D eigenvalue weighted by molar-refractivity contribution is -0.385. The average Bonchev–Trinajstić information content (AvgIpc) is 2.65. The van der Waals surface area contributed by atoms with E-state index in [-0.39, 0.29) is 22.5 Å². The number of piperidine rings is 1. The van der Waals surface area contributed by atoms with E-state index in [1.165, 1.54) is 18.6 Å². The summed E-state index contributed by atoms with van der Waals surface area (Å²) in [6.07, 6.45) is 6.56. The molecule has 7 nitrogen and oxygen atoms in total. The lowest BCUT2D eigenvalue weighted by Gasteiger charge is -2.44. The maximum Gasteiger partial charge on any atom is 0.345 e. The van der Waals surface area contributed by atoms with Crippen molar-refractivity contribution in [3.05, 3.63) is 38.9 Å². The van der Waals surface area contributed by atoms with E-state index in [9.17, 15) is 19.7 Å². The Hall–Kier alpha value is -2.15. The predicted octanol–water partition coefficient (Wildman–Crippen LogP) is 3.59. The van der Waals surface area contributed by atoms with Crippen LogP contribution in [-0.2, 0) is 9.53 Å². The van der Waals surface area contributed by atoms with Gasteiger partial charge in [0.05, 0.1) is 4.92 Å². The predicted molar refractivity (Wildman–Crippen MR) is 95.1 cm³/mol. The Balaban J connectivity index is 1.64. The van der Waals surface area contributed by atoms with Crippen molar-refractivity contribution in [3.63, 3.8) is 0 Å². The van der Waals surface area contributed by atoms with Gasteiger partial charge in [-0.3, -0.25) is 14.9 Å². The molecule has 140 valence electrons. The fraction of sp³-hybridized carbons (Fsp3) is 0.556. The number of amides is 1. The topological polar surface area (TPSA) is 89.8 Å². The Morgan fingerprint density at radius 2 is 1.96 bits per heavy atom. The molecule has 1 aromatic carbocycles. The monoisotopic (exact) mass is 380 g/mol. The van der Waals surface area contributed by atoms with Gasteiger partial charge >= 0.3 is 5.97 Å². The van der Waals surface area contributed by atoms with Crippen molar-refractivity contribution in [1.29, 1.82) is 0 Å². The minimum Gasteiger partial charge on any atom is -0.452 e. The van der Waals surface area contributed by atoms with Gasteiger partial charge in [-0.1, -0.05) is 24.4 Å². The zero-order valence-electron chi connectivity index (χ0n) is 14.4. The van der Waals surface area contributed by atoms with Crippen molar-refractivity contribution in [1.82, 2.24) is 4.90 Å². The molecule has 1 aromatic rings. The Bertz CT molecular complexity index is 722. The van der Waals surface area contributed by atoms with E-state index in [4.69, 9.17) is 16.3 Å². The van der Waals surface area contributed by atoms with E-state index >= 15 is 0 Å². The molecule has 2 fully saturated rings. The number of esters is 1. The van der Waals surface area contributed by atoms with E-state index < -0.39 is 23.2 Å². The van der Waals surface area contributed by atoms with Crippen LogP contribution in [0.1, 0.15) is 48.9 Å². The smallest absolute Gasteiger partial charge is 0.345 e. The Morgan fingerprint density at radius 1 is 1.23 bits per heavy atom. The van der Waals surface area contributed by atoms with Gasteiger partial charge in [-0.25, -0.2) is 4.79 Å². The maximum absolute atomic E-state index is 12.6. The average molecular weight is 381 g/mol. The molecule has 0 radical (unpaired) electrons. The number of halogens is 1. The standard InChI is InChI=1S/C18H21ClN2O5/c19-13-7-8-14(16(10-13)21(24)25)18(23)26-11-17(22)20-9-3-5-12-4-1-2-6-15(12)20/h7-8,10,12,15H,1-6,9,11H2/t12-,15-/m0/s1. The minimum absolute atomic E-state index is 0.154. The molecule has 0 bridgehead atoms. The molecule has 3 rings (SSSR count). The molecule has 2 atom stereocenters. The first-order valence-electron chi connectivity index (χ1n) is 8.88. The SMILES string of the molecule is O=C(OCC(=O)N1CCC[C@@H]2CCCC[C@@H]21)c1ccc(Cl)cc1[N+](=O)[O-]. The Morgan fingerprint density at radius 3 is 2.73 bits per heavy atom. The first-order valence-corrected chi connectivity index (χ1v) is 9.25. The normalized spacial score (nSPS) is 22.4. The second kappa shape index (κ2) is 8.03. The molecule has 1 saturated heterocycles. The van der Waals surface area contributed by atoms with Gasteiger partial charge in [0.25, 0.3) is 11.6 Å². The van der Waals surface area contributed by atoms with Crippen molar-refractivity contribution in [2.45, 2.75) is 44.6 Å². The van der Waals surface area contributed by atoms with Crippen molar-refractivity contribution in [2.24, 2.45) is 5.92 Å². The molecular formula is C18H21ClN2O5. The first kappa shape index (κ1) is 18.6. The molecule has 1 aliphatic heterocycles. The largest absolute Gasteiger partial charge is 0.452 e. The molecule has 0 unspecified atom stereocenters. The minimum atomic E-state index is -0.890. The van der Waals surface area contributed by atoms with Gasteiger partial charge in [0.15, 0.2) is 6.61 Å². The van der Waals surface area contributed by atoms with E-state index in [0.29, 0.717) is 12.5 Å². The van der Waals surface area contributed by atoms with Crippen LogP contribution in [-0.4, -0.2) is 40.9 Å². The molecule has 1 heterocycles. The second-order valence-electron chi connectivity index (χ2n) is 6.84. The summed E-state index contributed by atoms with van der Waals surface area (Å²) >= 11 is 5.74. The summed E-state index contributed by atoms with van der Waals surface area (Å²) in [5.41, 5.74) is -0.637. The van der Waals surface area contributed by atoms with Crippen molar-refractivity contribution < 1.29 is 19.2 Å². The van der Waals surface area contributed by atoms with Crippen LogP contribution in [0.25, 0.3) is 0 Å². The molecular weight excluding hydrogens is 360 g/mol. The highest BCUT2D eigenvalue weighted by atomic mass is 35.5. The number of nitrogens with zero attached hydrogens (tertiary/aromatic N) is 2. The number of carbonyl (C=O) groups excluding carboxylic acids is 2. The number of hydrogen-bond donors (Lipinski definition) is 0. The third-order valence-electron chi connectivity index (χ3n) is 5.27. The van der Waals surface area contributed by atoms with Crippen LogP contribution in [0.3, 0.4) is 0 Å². The second-order valence-corrected chi connectivity index (χ2v) is 7.27. The molecule has 1 saturated carbocycles. The number of ether oxygens (including phenoxy) is 1. The molecule has 1 amide bonds. The fourth-order valence-electron chi connectivity index (χ4n) is 4.05. The van der Waals surface area contributed by atoms with Crippen LogP contribution in [0.5, 0.6) is 0 Å². The Labute approximate surface area is 156 Å². The highest BCUT2D eigenvalue weighted by Gasteiger charge is 2.36. The van der Waals surface area contributed by atoms with Crippen molar-refractivity contribution in [2.75, 3.05) is 13.2 Å². The van der Waals surface area contributed by atoms with E-state index in [0.717, 1.165) is 38.2 Å².